The second kappa shape index (κ2) is 7.40. The third-order valence-electron chi connectivity index (χ3n) is 4.63. The maximum absolute atomic E-state index is 12.7. The van der Waals surface area contributed by atoms with Crippen molar-refractivity contribution in [1.29, 1.82) is 0 Å². The van der Waals surface area contributed by atoms with Gasteiger partial charge in [0.2, 0.25) is 11.8 Å². The van der Waals surface area contributed by atoms with Crippen LogP contribution in [-0.4, -0.2) is 38.0 Å². The number of hydrogen-bond donors (Lipinski definition) is 1. The van der Waals surface area contributed by atoms with Crippen LogP contribution in [0.4, 0.5) is 10.8 Å². The zero-order valence-corrected chi connectivity index (χ0v) is 17.6. The Kier molecular flexibility index (Phi) is 5.05. The number of anilines is 2. The van der Waals surface area contributed by atoms with E-state index in [1.165, 1.54) is 23.5 Å². The van der Waals surface area contributed by atoms with Gasteiger partial charge in [-0.05, 0) is 36.4 Å². The van der Waals surface area contributed by atoms with Crippen LogP contribution in [0.15, 0.2) is 47.4 Å². The highest BCUT2D eigenvalue weighted by molar-refractivity contribution is 7.90. The van der Waals surface area contributed by atoms with Gasteiger partial charge in [0, 0.05) is 29.9 Å². The molecule has 0 saturated carbocycles. The van der Waals surface area contributed by atoms with Crippen LogP contribution in [0, 0.1) is 5.92 Å². The summed E-state index contributed by atoms with van der Waals surface area (Å²) in [6.07, 6.45) is 1.24. The smallest absolute Gasteiger partial charge is 0.231 e. The van der Waals surface area contributed by atoms with Crippen molar-refractivity contribution in [2.24, 2.45) is 5.92 Å². The minimum absolute atomic E-state index is 0.0987. The molecule has 1 fully saturated rings. The SMILES string of the molecule is CS(=O)(=O)c1ccc2nc(NC(=O)[C@@H]3CC(=O)N(c4cccc(Cl)c4)C3)sc2c1. The highest BCUT2D eigenvalue weighted by Crippen LogP contribution is 2.31. The van der Waals surface area contributed by atoms with Crippen LogP contribution in [-0.2, 0) is 19.4 Å². The van der Waals surface area contributed by atoms with Crippen molar-refractivity contribution in [3.8, 4) is 0 Å². The molecule has 29 heavy (non-hydrogen) atoms. The fourth-order valence-electron chi connectivity index (χ4n) is 3.17. The third-order valence-corrected chi connectivity index (χ3v) is 6.91. The zero-order chi connectivity index (χ0) is 20.8. The van der Waals surface area contributed by atoms with E-state index in [2.05, 4.69) is 10.3 Å². The molecule has 1 saturated heterocycles. The van der Waals surface area contributed by atoms with Gasteiger partial charge in [0.25, 0.3) is 0 Å². The lowest BCUT2D eigenvalue weighted by Crippen LogP contribution is -2.28. The van der Waals surface area contributed by atoms with Crippen LogP contribution >= 0.6 is 22.9 Å². The van der Waals surface area contributed by atoms with Crippen LogP contribution in [0.5, 0.6) is 0 Å². The first-order valence-electron chi connectivity index (χ1n) is 8.68. The highest BCUT2D eigenvalue weighted by Gasteiger charge is 2.35. The Balaban J connectivity index is 1.50. The second-order valence-corrected chi connectivity index (χ2v) is 10.3. The van der Waals surface area contributed by atoms with E-state index in [4.69, 9.17) is 11.6 Å². The number of benzene rings is 2. The summed E-state index contributed by atoms with van der Waals surface area (Å²) in [4.78, 5) is 31.1. The lowest BCUT2D eigenvalue weighted by Gasteiger charge is -2.16. The van der Waals surface area contributed by atoms with Gasteiger partial charge in [-0.2, -0.15) is 0 Å². The molecule has 1 aliphatic rings. The van der Waals surface area contributed by atoms with E-state index in [0.717, 1.165) is 6.26 Å². The molecule has 0 spiro atoms. The Bertz CT molecular complexity index is 1240. The monoisotopic (exact) mass is 449 g/mol. The van der Waals surface area contributed by atoms with Gasteiger partial charge >= 0.3 is 0 Å². The molecule has 0 radical (unpaired) electrons. The van der Waals surface area contributed by atoms with Gasteiger partial charge < -0.3 is 10.2 Å². The second-order valence-electron chi connectivity index (χ2n) is 6.80. The molecule has 0 unspecified atom stereocenters. The predicted octanol–water partition coefficient (Wildman–Crippen LogP) is 3.34. The van der Waals surface area contributed by atoms with Gasteiger partial charge in [0.15, 0.2) is 15.0 Å². The molecular weight excluding hydrogens is 434 g/mol. The van der Waals surface area contributed by atoms with Gasteiger partial charge in [-0.25, -0.2) is 13.4 Å². The summed E-state index contributed by atoms with van der Waals surface area (Å²) in [5, 5.41) is 3.63. The van der Waals surface area contributed by atoms with Crippen LogP contribution in [0.3, 0.4) is 0 Å². The van der Waals surface area contributed by atoms with Crippen molar-refractivity contribution in [3.63, 3.8) is 0 Å². The normalized spacial score (nSPS) is 17.1. The topological polar surface area (TPSA) is 96.4 Å². The van der Waals surface area contributed by atoms with Gasteiger partial charge in [0.05, 0.1) is 21.0 Å². The third kappa shape index (κ3) is 4.12. The summed E-state index contributed by atoms with van der Waals surface area (Å²) < 4.78 is 24.1. The summed E-state index contributed by atoms with van der Waals surface area (Å²) in [7, 11) is -3.32. The molecule has 10 heteroatoms. The van der Waals surface area contributed by atoms with E-state index in [1.54, 1.807) is 35.2 Å². The van der Waals surface area contributed by atoms with E-state index in [0.29, 0.717) is 26.1 Å². The summed E-state index contributed by atoms with van der Waals surface area (Å²) in [6, 6.07) is 11.6. The first kappa shape index (κ1) is 19.8. The number of sulfone groups is 1. The number of nitrogens with one attached hydrogen (secondary N) is 1. The van der Waals surface area contributed by atoms with E-state index in [1.807, 2.05) is 0 Å². The highest BCUT2D eigenvalue weighted by atomic mass is 35.5. The molecule has 0 bridgehead atoms. The minimum atomic E-state index is -3.32. The van der Waals surface area contributed by atoms with E-state index < -0.39 is 15.8 Å². The summed E-state index contributed by atoms with van der Waals surface area (Å²) in [5.74, 6) is -0.958. The lowest BCUT2D eigenvalue weighted by atomic mass is 10.1. The number of fused-ring (bicyclic) bond motifs is 1. The van der Waals surface area contributed by atoms with Crippen LogP contribution in [0.2, 0.25) is 5.02 Å². The fourth-order valence-corrected chi connectivity index (χ4v) is 4.99. The molecule has 1 aromatic heterocycles. The molecule has 1 N–H and O–H groups in total. The zero-order valence-electron chi connectivity index (χ0n) is 15.3. The predicted molar refractivity (Wildman–Crippen MR) is 113 cm³/mol. The number of amides is 2. The molecule has 4 rings (SSSR count). The number of carbonyl (C=O) groups excluding carboxylic acids is 2. The summed E-state index contributed by atoms with van der Waals surface area (Å²) in [5.41, 5.74) is 1.26. The number of rotatable bonds is 4. The molecular formula is C19H16ClN3O4S2. The van der Waals surface area contributed by atoms with Crippen molar-refractivity contribution in [2.45, 2.75) is 11.3 Å². The van der Waals surface area contributed by atoms with Crippen molar-refractivity contribution >= 4 is 65.6 Å². The lowest BCUT2D eigenvalue weighted by molar-refractivity contribution is -0.122. The van der Waals surface area contributed by atoms with Crippen LogP contribution in [0.25, 0.3) is 10.2 Å². The number of thiazole rings is 1. The van der Waals surface area contributed by atoms with Gasteiger partial charge in [0.1, 0.15) is 0 Å². The Labute approximate surface area is 176 Å². The van der Waals surface area contributed by atoms with Crippen molar-refractivity contribution in [3.05, 3.63) is 47.5 Å². The Morgan fingerprint density at radius 1 is 1.28 bits per heavy atom. The Hall–Kier alpha value is -2.49. The number of carbonyl (C=O) groups is 2. The average Bonchev–Trinajstić information content (AvgIpc) is 3.23. The largest absolute Gasteiger partial charge is 0.312 e. The van der Waals surface area contributed by atoms with Crippen LogP contribution < -0.4 is 10.2 Å². The summed E-state index contributed by atoms with van der Waals surface area (Å²) >= 11 is 7.18. The van der Waals surface area contributed by atoms with E-state index in [9.17, 15) is 18.0 Å². The summed E-state index contributed by atoms with van der Waals surface area (Å²) in [6.45, 7) is 0.258. The minimum Gasteiger partial charge on any atom is -0.312 e. The standard InChI is InChI=1S/C19H16ClN3O4S2/c1-29(26,27)14-5-6-15-16(9-14)28-19(21-15)22-18(25)11-7-17(24)23(10-11)13-4-2-3-12(20)8-13/h2-6,8-9,11H,7,10H2,1H3,(H,21,22,25)/t11-/m1/s1. The molecule has 7 nitrogen and oxygen atoms in total. The maximum Gasteiger partial charge on any atom is 0.231 e. The van der Waals surface area contributed by atoms with Crippen molar-refractivity contribution in [1.82, 2.24) is 4.98 Å². The molecule has 2 heterocycles. The molecule has 0 aliphatic carbocycles. The maximum atomic E-state index is 12.7. The number of aromatic nitrogens is 1. The first-order chi connectivity index (χ1) is 13.7. The van der Waals surface area contributed by atoms with Gasteiger partial charge in [-0.15, -0.1) is 0 Å². The number of hydrogen-bond acceptors (Lipinski definition) is 6. The quantitative estimate of drug-likeness (QED) is 0.658. The Morgan fingerprint density at radius 3 is 2.79 bits per heavy atom. The van der Waals surface area contributed by atoms with Crippen molar-refractivity contribution in [2.75, 3.05) is 23.0 Å². The number of halogens is 1. The Morgan fingerprint density at radius 2 is 2.07 bits per heavy atom. The average molecular weight is 450 g/mol. The number of nitrogens with zero attached hydrogens (tertiary/aromatic N) is 2. The molecule has 2 aromatic carbocycles. The molecule has 150 valence electrons. The van der Waals surface area contributed by atoms with Gasteiger partial charge in [-0.1, -0.05) is 29.0 Å². The fraction of sp³-hybridized carbons (Fsp3) is 0.211. The van der Waals surface area contributed by atoms with Crippen molar-refractivity contribution < 1.29 is 18.0 Å². The first-order valence-corrected chi connectivity index (χ1v) is 11.8. The van der Waals surface area contributed by atoms with E-state index in [-0.39, 0.29) is 29.7 Å². The van der Waals surface area contributed by atoms with Crippen LogP contribution in [0.1, 0.15) is 6.42 Å². The van der Waals surface area contributed by atoms with E-state index >= 15 is 0 Å². The molecule has 1 aliphatic heterocycles. The van der Waals surface area contributed by atoms with Gasteiger partial charge in [-0.3, -0.25) is 9.59 Å². The molecule has 3 aromatic rings. The molecule has 2 amide bonds. The molecule has 1 atom stereocenters.